The predicted octanol–water partition coefficient (Wildman–Crippen LogP) is 3.56. The maximum atomic E-state index is 12.7. The first-order valence-electron chi connectivity index (χ1n) is 9.39. The van der Waals surface area contributed by atoms with Gasteiger partial charge in [0.25, 0.3) is 0 Å². The second-order valence-electron chi connectivity index (χ2n) is 6.67. The first-order chi connectivity index (χ1) is 13.9. The molecule has 0 spiro atoms. The lowest BCUT2D eigenvalue weighted by molar-refractivity contribution is -0.139. The van der Waals surface area contributed by atoms with Crippen LogP contribution in [0.1, 0.15) is 31.4 Å². The lowest BCUT2D eigenvalue weighted by atomic mass is 9.99. The molecule has 2 aromatic rings. The molecule has 0 saturated heterocycles. The number of carbonyl (C=O) groups is 3. The number of amides is 1. The number of para-hydroxylation sites is 1. The van der Waals surface area contributed by atoms with Crippen LogP contribution in [0, 0.1) is 5.92 Å². The molecule has 0 aliphatic heterocycles. The molecule has 2 aromatic carbocycles. The quantitative estimate of drug-likeness (QED) is 0.494. The number of hydrogen-bond acceptors (Lipinski definition) is 5. The molecule has 7 nitrogen and oxygen atoms in total. The Labute approximate surface area is 169 Å². The molecule has 154 valence electrons. The van der Waals surface area contributed by atoms with Gasteiger partial charge in [0, 0.05) is 5.56 Å². The largest absolute Gasteiger partial charge is 0.481 e. The molecule has 2 atom stereocenters. The highest BCUT2D eigenvalue weighted by molar-refractivity contribution is 5.83. The third-order valence-corrected chi connectivity index (χ3v) is 4.48. The molecular formula is C22H25NO6. The van der Waals surface area contributed by atoms with Gasteiger partial charge in [-0.3, -0.25) is 4.79 Å². The van der Waals surface area contributed by atoms with Crippen molar-refractivity contribution in [3.63, 3.8) is 0 Å². The van der Waals surface area contributed by atoms with Crippen LogP contribution in [0.25, 0.3) is 0 Å². The fourth-order valence-electron chi connectivity index (χ4n) is 2.65. The third kappa shape index (κ3) is 6.95. The van der Waals surface area contributed by atoms with Gasteiger partial charge in [-0.2, -0.15) is 0 Å². The van der Waals surface area contributed by atoms with Gasteiger partial charge in [0.05, 0.1) is 6.42 Å². The van der Waals surface area contributed by atoms with Gasteiger partial charge in [0.15, 0.2) is 0 Å². The zero-order valence-corrected chi connectivity index (χ0v) is 16.5. The highest BCUT2D eigenvalue weighted by Gasteiger charge is 2.29. The van der Waals surface area contributed by atoms with Crippen LogP contribution in [0.2, 0.25) is 0 Å². The van der Waals surface area contributed by atoms with Crippen molar-refractivity contribution in [2.75, 3.05) is 0 Å². The van der Waals surface area contributed by atoms with Gasteiger partial charge in [-0.25, -0.2) is 9.59 Å². The SMILES string of the molecule is CC[C@H](C)[C@H](NC(=O)OCc1ccccc1)C(=O)Oc1ccccc1CC(=O)O. The molecule has 0 aliphatic rings. The van der Waals surface area contributed by atoms with E-state index in [1.54, 1.807) is 18.2 Å². The number of rotatable bonds is 9. The van der Waals surface area contributed by atoms with Crippen molar-refractivity contribution in [1.82, 2.24) is 5.32 Å². The van der Waals surface area contributed by atoms with Crippen molar-refractivity contribution in [2.45, 2.75) is 39.3 Å². The van der Waals surface area contributed by atoms with Crippen molar-refractivity contribution in [3.8, 4) is 5.75 Å². The first-order valence-corrected chi connectivity index (χ1v) is 9.39. The monoisotopic (exact) mass is 399 g/mol. The standard InChI is InChI=1S/C22H25NO6/c1-3-15(2)20(23-22(27)28-14-16-9-5-4-6-10-16)21(26)29-18-12-8-7-11-17(18)13-19(24)25/h4-12,15,20H,3,13-14H2,1-2H3,(H,23,27)(H,24,25)/t15-,20-/m0/s1. The Morgan fingerprint density at radius 1 is 1.03 bits per heavy atom. The topological polar surface area (TPSA) is 102 Å². The smallest absolute Gasteiger partial charge is 0.408 e. The number of nitrogens with one attached hydrogen (secondary N) is 1. The molecule has 0 bridgehead atoms. The van der Waals surface area contributed by atoms with E-state index in [4.69, 9.17) is 14.6 Å². The molecule has 2 N–H and O–H groups in total. The minimum Gasteiger partial charge on any atom is -0.481 e. The minimum atomic E-state index is -1.03. The molecule has 7 heteroatoms. The molecule has 29 heavy (non-hydrogen) atoms. The van der Waals surface area contributed by atoms with Gasteiger partial charge < -0.3 is 19.9 Å². The van der Waals surface area contributed by atoms with E-state index in [1.165, 1.54) is 6.07 Å². The number of alkyl carbamates (subject to hydrolysis) is 1. The molecule has 0 heterocycles. The number of hydrogen-bond donors (Lipinski definition) is 2. The van der Waals surface area contributed by atoms with E-state index in [9.17, 15) is 14.4 Å². The van der Waals surface area contributed by atoms with Crippen LogP contribution in [0.4, 0.5) is 4.79 Å². The van der Waals surface area contributed by atoms with Crippen LogP contribution in [-0.4, -0.2) is 29.2 Å². The molecule has 0 unspecified atom stereocenters. The Balaban J connectivity index is 2.04. The maximum Gasteiger partial charge on any atom is 0.408 e. The molecular weight excluding hydrogens is 374 g/mol. The van der Waals surface area contributed by atoms with E-state index < -0.39 is 24.1 Å². The molecule has 0 saturated carbocycles. The zero-order valence-electron chi connectivity index (χ0n) is 16.5. The van der Waals surface area contributed by atoms with Crippen molar-refractivity contribution in [1.29, 1.82) is 0 Å². The van der Waals surface area contributed by atoms with E-state index in [1.807, 2.05) is 44.2 Å². The van der Waals surface area contributed by atoms with E-state index >= 15 is 0 Å². The number of carboxylic acid groups (broad SMARTS) is 1. The first kappa shape index (κ1) is 21.9. The van der Waals surface area contributed by atoms with Gasteiger partial charge in [-0.1, -0.05) is 68.8 Å². The summed E-state index contributed by atoms with van der Waals surface area (Å²) in [5.74, 6) is -1.76. The van der Waals surface area contributed by atoms with Crippen molar-refractivity contribution in [2.24, 2.45) is 5.92 Å². The Kier molecular flexibility index (Phi) is 8.21. The van der Waals surface area contributed by atoms with E-state index in [-0.39, 0.29) is 24.7 Å². The lowest BCUT2D eigenvalue weighted by Crippen LogP contribution is -2.47. The second-order valence-corrected chi connectivity index (χ2v) is 6.67. The summed E-state index contributed by atoms with van der Waals surface area (Å²) in [6, 6.07) is 14.7. The number of ether oxygens (including phenoxy) is 2. The van der Waals surface area contributed by atoms with E-state index in [2.05, 4.69) is 5.32 Å². The Hall–Kier alpha value is -3.35. The molecule has 0 aliphatic carbocycles. The van der Waals surface area contributed by atoms with Crippen LogP contribution < -0.4 is 10.1 Å². The van der Waals surface area contributed by atoms with Crippen LogP contribution >= 0.6 is 0 Å². The minimum absolute atomic E-state index is 0.0798. The summed E-state index contributed by atoms with van der Waals surface area (Å²) in [6.45, 7) is 3.78. The number of benzene rings is 2. The van der Waals surface area contributed by atoms with Crippen LogP contribution in [0.5, 0.6) is 5.75 Å². The summed E-state index contributed by atoms with van der Waals surface area (Å²) >= 11 is 0. The van der Waals surface area contributed by atoms with Crippen molar-refractivity contribution in [3.05, 3.63) is 65.7 Å². The molecule has 2 rings (SSSR count). The number of esters is 1. The summed E-state index contributed by atoms with van der Waals surface area (Å²) in [5.41, 5.74) is 1.20. The molecule has 0 fully saturated rings. The summed E-state index contributed by atoms with van der Waals surface area (Å²) in [7, 11) is 0. The van der Waals surface area contributed by atoms with Gasteiger partial charge in [0.1, 0.15) is 18.4 Å². The third-order valence-electron chi connectivity index (χ3n) is 4.48. The van der Waals surface area contributed by atoms with E-state index in [0.29, 0.717) is 12.0 Å². The highest BCUT2D eigenvalue weighted by Crippen LogP contribution is 2.20. The summed E-state index contributed by atoms with van der Waals surface area (Å²) in [6.07, 6.45) is -0.380. The Morgan fingerprint density at radius 3 is 2.34 bits per heavy atom. The predicted molar refractivity (Wildman–Crippen MR) is 106 cm³/mol. The fraction of sp³-hybridized carbons (Fsp3) is 0.318. The van der Waals surface area contributed by atoms with Crippen LogP contribution in [0.3, 0.4) is 0 Å². The normalized spacial score (nSPS) is 12.5. The molecule has 0 radical (unpaired) electrons. The lowest BCUT2D eigenvalue weighted by Gasteiger charge is -2.22. The zero-order chi connectivity index (χ0) is 21.2. The average Bonchev–Trinajstić information content (AvgIpc) is 2.71. The maximum absolute atomic E-state index is 12.7. The fourth-order valence-corrected chi connectivity index (χ4v) is 2.65. The van der Waals surface area contributed by atoms with Gasteiger partial charge in [0.2, 0.25) is 0 Å². The highest BCUT2D eigenvalue weighted by atomic mass is 16.6. The Morgan fingerprint density at radius 2 is 1.69 bits per heavy atom. The van der Waals surface area contributed by atoms with Gasteiger partial charge >= 0.3 is 18.0 Å². The van der Waals surface area contributed by atoms with Gasteiger partial charge in [-0.05, 0) is 17.5 Å². The molecule has 0 aromatic heterocycles. The summed E-state index contributed by atoms with van der Waals surface area (Å²) in [4.78, 5) is 35.9. The van der Waals surface area contributed by atoms with Crippen LogP contribution in [0.15, 0.2) is 54.6 Å². The van der Waals surface area contributed by atoms with Crippen molar-refractivity contribution < 1.29 is 29.0 Å². The van der Waals surface area contributed by atoms with Crippen LogP contribution in [-0.2, 0) is 27.4 Å². The summed E-state index contributed by atoms with van der Waals surface area (Å²) in [5, 5.41) is 11.6. The Bertz CT molecular complexity index is 836. The average molecular weight is 399 g/mol. The number of carboxylic acids is 1. The second kappa shape index (κ2) is 10.8. The number of carbonyl (C=O) groups excluding carboxylic acids is 2. The summed E-state index contributed by atoms with van der Waals surface area (Å²) < 4.78 is 10.6. The number of aliphatic carboxylic acids is 1. The van der Waals surface area contributed by atoms with Crippen molar-refractivity contribution >= 4 is 18.0 Å². The van der Waals surface area contributed by atoms with Gasteiger partial charge in [-0.15, -0.1) is 0 Å². The molecule has 1 amide bonds. The van der Waals surface area contributed by atoms with E-state index in [0.717, 1.165) is 5.56 Å².